The molecule has 7 heteroatoms. The van der Waals surface area contributed by atoms with Crippen LogP contribution < -0.4 is 14.8 Å². The summed E-state index contributed by atoms with van der Waals surface area (Å²) < 4.78 is 22.4. The molecule has 6 unspecified atom stereocenters. The van der Waals surface area contributed by atoms with Crippen LogP contribution in [-0.2, 0) is 14.3 Å². The maximum absolute atomic E-state index is 11.6. The summed E-state index contributed by atoms with van der Waals surface area (Å²) in [5.41, 5.74) is 2.46. The fraction of sp³-hybridized carbons (Fsp3) is 0.609. The van der Waals surface area contributed by atoms with Gasteiger partial charge in [-0.05, 0) is 37.9 Å². The van der Waals surface area contributed by atoms with E-state index in [1.807, 2.05) is 0 Å². The summed E-state index contributed by atoms with van der Waals surface area (Å²) in [5, 5.41) is 3.79. The molecular formula is C23H30N2O5. The predicted octanol–water partition coefficient (Wildman–Crippen LogP) is 3.12. The molecule has 4 aliphatic rings. The van der Waals surface area contributed by atoms with Crippen molar-refractivity contribution in [2.24, 2.45) is 11.8 Å². The molecule has 0 radical (unpaired) electrons. The Labute approximate surface area is 177 Å². The number of ether oxygens (including phenoxy) is 4. The number of carbonyl (C=O) groups excluding carboxylic acids is 1. The standard InChI is InChI=1S/C23H30N2O5/c1-12-17-10-25-6-5-14-15-8-20(27-3)21(28-4)9-18(15)24-23(14)19(25)7-16(17)22(11-29-12)30-13(2)26/h8-9,11-12,14,16-17,19,23-24H,5-7,10H2,1-4H3. The molecule has 0 aliphatic carbocycles. The maximum Gasteiger partial charge on any atom is 0.307 e. The minimum Gasteiger partial charge on any atom is -0.494 e. The Bertz CT molecular complexity index is 885. The zero-order chi connectivity index (χ0) is 21.0. The molecule has 0 amide bonds. The minimum atomic E-state index is -0.285. The Morgan fingerprint density at radius 1 is 1.20 bits per heavy atom. The molecule has 0 aromatic heterocycles. The Hall–Kier alpha value is -2.41. The van der Waals surface area contributed by atoms with Crippen molar-refractivity contribution in [3.8, 4) is 11.5 Å². The van der Waals surface area contributed by atoms with Crippen molar-refractivity contribution in [1.82, 2.24) is 4.90 Å². The van der Waals surface area contributed by atoms with Crippen molar-refractivity contribution in [3.05, 3.63) is 29.7 Å². The van der Waals surface area contributed by atoms with E-state index < -0.39 is 0 Å². The van der Waals surface area contributed by atoms with Gasteiger partial charge in [0.05, 0.1) is 20.3 Å². The lowest BCUT2D eigenvalue weighted by Gasteiger charge is -2.52. The summed E-state index contributed by atoms with van der Waals surface area (Å²) in [6.45, 7) is 5.59. The Morgan fingerprint density at radius 3 is 2.70 bits per heavy atom. The Morgan fingerprint density at radius 2 is 1.97 bits per heavy atom. The van der Waals surface area contributed by atoms with Crippen molar-refractivity contribution in [2.75, 3.05) is 32.6 Å². The van der Waals surface area contributed by atoms with Gasteiger partial charge in [0.1, 0.15) is 12.0 Å². The van der Waals surface area contributed by atoms with E-state index >= 15 is 0 Å². The topological polar surface area (TPSA) is 69.3 Å². The second kappa shape index (κ2) is 7.38. The van der Waals surface area contributed by atoms with Gasteiger partial charge in [0, 0.05) is 55.1 Å². The van der Waals surface area contributed by atoms with E-state index in [2.05, 4.69) is 29.3 Å². The number of allylic oxidation sites excluding steroid dienone is 1. The van der Waals surface area contributed by atoms with E-state index in [1.54, 1.807) is 20.5 Å². The number of nitrogens with zero attached hydrogens (tertiary/aromatic N) is 1. The van der Waals surface area contributed by atoms with Crippen LogP contribution in [0, 0.1) is 11.8 Å². The summed E-state index contributed by atoms with van der Waals surface area (Å²) in [6, 6.07) is 4.89. The van der Waals surface area contributed by atoms with Crippen LogP contribution in [0.15, 0.2) is 24.2 Å². The highest BCUT2D eigenvalue weighted by Gasteiger charge is 2.51. The monoisotopic (exact) mass is 414 g/mol. The summed E-state index contributed by atoms with van der Waals surface area (Å²) in [6.07, 6.45) is 3.84. The molecule has 0 bridgehead atoms. The summed E-state index contributed by atoms with van der Waals surface area (Å²) in [7, 11) is 3.35. The number of methoxy groups -OCH3 is 2. The van der Waals surface area contributed by atoms with E-state index in [4.69, 9.17) is 18.9 Å². The highest BCUT2D eigenvalue weighted by atomic mass is 16.6. The van der Waals surface area contributed by atoms with Gasteiger partial charge in [0.25, 0.3) is 0 Å². The molecule has 0 spiro atoms. The SMILES string of the molecule is COc1cc2c(cc1OC)C1CCN3CC4C(C)OC=C(OC(C)=O)C4CC3C1N2. The number of benzene rings is 1. The molecule has 5 rings (SSSR count). The number of esters is 1. The fourth-order valence-electron chi connectivity index (χ4n) is 5.98. The van der Waals surface area contributed by atoms with Crippen LogP contribution in [0.2, 0.25) is 0 Å². The van der Waals surface area contributed by atoms with Gasteiger partial charge in [-0.25, -0.2) is 0 Å². The third-order valence-corrected chi connectivity index (χ3v) is 7.41. The van der Waals surface area contributed by atoms with Crippen molar-refractivity contribution < 1.29 is 23.7 Å². The summed E-state index contributed by atoms with van der Waals surface area (Å²) in [5.74, 6) is 2.91. The van der Waals surface area contributed by atoms with Gasteiger partial charge >= 0.3 is 5.97 Å². The number of anilines is 1. The Kier molecular flexibility index (Phi) is 4.81. The van der Waals surface area contributed by atoms with Gasteiger partial charge in [-0.15, -0.1) is 0 Å². The molecule has 1 aromatic rings. The third-order valence-electron chi connectivity index (χ3n) is 7.41. The van der Waals surface area contributed by atoms with E-state index in [0.29, 0.717) is 29.7 Å². The number of rotatable bonds is 3. The first-order chi connectivity index (χ1) is 14.5. The second-order valence-electron chi connectivity index (χ2n) is 8.88. The van der Waals surface area contributed by atoms with Crippen molar-refractivity contribution >= 4 is 11.7 Å². The molecule has 4 aliphatic heterocycles. The van der Waals surface area contributed by atoms with Gasteiger partial charge in [-0.1, -0.05) is 0 Å². The van der Waals surface area contributed by atoms with E-state index in [9.17, 15) is 4.79 Å². The van der Waals surface area contributed by atoms with E-state index in [1.165, 1.54) is 12.5 Å². The predicted molar refractivity (Wildman–Crippen MR) is 112 cm³/mol. The molecule has 30 heavy (non-hydrogen) atoms. The molecule has 4 heterocycles. The summed E-state index contributed by atoms with van der Waals surface area (Å²) in [4.78, 5) is 14.2. The van der Waals surface area contributed by atoms with Gasteiger partial charge in [-0.3, -0.25) is 9.69 Å². The van der Waals surface area contributed by atoms with Gasteiger partial charge in [-0.2, -0.15) is 0 Å². The normalized spacial score (nSPS) is 34.2. The minimum absolute atomic E-state index is 0.121. The molecule has 6 atom stereocenters. The van der Waals surface area contributed by atoms with Gasteiger partial charge in [0.2, 0.25) is 0 Å². The highest BCUT2D eigenvalue weighted by Crippen LogP contribution is 2.51. The quantitative estimate of drug-likeness (QED) is 0.762. The van der Waals surface area contributed by atoms with Crippen molar-refractivity contribution in [1.29, 1.82) is 0 Å². The first-order valence-corrected chi connectivity index (χ1v) is 10.8. The Balaban J connectivity index is 1.43. The third kappa shape index (κ3) is 3.02. The van der Waals surface area contributed by atoms with Gasteiger partial charge in [0.15, 0.2) is 11.5 Å². The molecule has 1 N–H and O–H groups in total. The zero-order valence-corrected chi connectivity index (χ0v) is 18.0. The number of piperidine rings is 2. The first kappa shape index (κ1) is 19.5. The van der Waals surface area contributed by atoms with Crippen LogP contribution in [0.4, 0.5) is 5.69 Å². The molecule has 162 valence electrons. The molecule has 2 saturated heterocycles. The van der Waals surface area contributed by atoms with Crippen molar-refractivity contribution in [2.45, 2.75) is 50.8 Å². The van der Waals surface area contributed by atoms with E-state index in [0.717, 1.165) is 43.1 Å². The van der Waals surface area contributed by atoms with Crippen LogP contribution in [-0.4, -0.2) is 56.4 Å². The highest BCUT2D eigenvalue weighted by molar-refractivity contribution is 5.68. The smallest absolute Gasteiger partial charge is 0.307 e. The van der Waals surface area contributed by atoms with Crippen LogP contribution in [0.25, 0.3) is 0 Å². The lowest BCUT2D eigenvalue weighted by atomic mass is 9.71. The lowest BCUT2D eigenvalue weighted by Crippen LogP contribution is -2.60. The average molecular weight is 415 g/mol. The second-order valence-corrected chi connectivity index (χ2v) is 8.88. The number of carbonyl (C=O) groups is 1. The number of hydrogen-bond donors (Lipinski definition) is 1. The number of hydrogen-bond acceptors (Lipinski definition) is 7. The summed E-state index contributed by atoms with van der Waals surface area (Å²) >= 11 is 0. The van der Waals surface area contributed by atoms with Gasteiger partial charge < -0.3 is 24.3 Å². The maximum atomic E-state index is 11.6. The molecular weight excluding hydrogens is 384 g/mol. The van der Waals surface area contributed by atoms with Crippen molar-refractivity contribution in [3.63, 3.8) is 0 Å². The largest absolute Gasteiger partial charge is 0.494 e. The number of fused-ring (bicyclic) bond motifs is 6. The molecule has 1 aromatic carbocycles. The molecule has 7 nitrogen and oxygen atoms in total. The zero-order valence-electron chi connectivity index (χ0n) is 18.0. The van der Waals surface area contributed by atoms with Crippen LogP contribution in [0.5, 0.6) is 11.5 Å². The average Bonchev–Trinajstić information content (AvgIpc) is 3.11. The molecule has 2 fully saturated rings. The fourth-order valence-corrected chi connectivity index (χ4v) is 5.98. The van der Waals surface area contributed by atoms with Crippen LogP contribution in [0.1, 0.15) is 38.2 Å². The number of nitrogens with one attached hydrogen (secondary N) is 1. The first-order valence-electron chi connectivity index (χ1n) is 10.8. The van der Waals surface area contributed by atoms with Crippen LogP contribution in [0.3, 0.4) is 0 Å². The van der Waals surface area contributed by atoms with Crippen LogP contribution >= 0.6 is 0 Å². The van der Waals surface area contributed by atoms with E-state index in [-0.39, 0.29) is 18.0 Å². The lowest BCUT2D eigenvalue weighted by molar-refractivity contribution is -0.141. The molecule has 0 saturated carbocycles.